The number of carbonyl (C=O) groups is 1. The Hall–Kier alpha value is -1.33. The summed E-state index contributed by atoms with van der Waals surface area (Å²) in [5, 5.41) is 0. The first kappa shape index (κ1) is 14.6. The summed E-state index contributed by atoms with van der Waals surface area (Å²) in [5.74, 6) is -3.06. The van der Waals surface area contributed by atoms with Gasteiger partial charge < -0.3 is 4.90 Å². The average molecular weight is 300 g/mol. The van der Waals surface area contributed by atoms with Crippen molar-refractivity contribution in [3.63, 3.8) is 0 Å². The summed E-state index contributed by atoms with van der Waals surface area (Å²) in [5.41, 5.74) is 0. The standard InChI is InChI=1S/C15H19F3N2O/c1-8(2)12-13-9-4-3-5-10(15(16,17)18)11(9)14(21)20(13)7-6-19-12/h3-4,6,8-13H,5,7H2,1-2H3. The molecule has 1 amide bonds. The van der Waals surface area contributed by atoms with E-state index >= 15 is 0 Å². The van der Waals surface area contributed by atoms with E-state index in [0.717, 1.165) is 0 Å². The van der Waals surface area contributed by atoms with Crippen LogP contribution in [0, 0.1) is 23.7 Å². The van der Waals surface area contributed by atoms with Crippen LogP contribution in [0.4, 0.5) is 13.2 Å². The highest BCUT2D eigenvalue weighted by Gasteiger charge is 2.59. The summed E-state index contributed by atoms with van der Waals surface area (Å²) in [6.45, 7) is 4.33. The highest BCUT2D eigenvalue weighted by molar-refractivity contribution is 5.86. The molecule has 6 heteroatoms. The van der Waals surface area contributed by atoms with Crippen molar-refractivity contribution in [2.75, 3.05) is 6.54 Å². The van der Waals surface area contributed by atoms with E-state index < -0.39 is 18.0 Å². The topological polar surface area (TPSA) is 32.7 Å². The van der Waals surface area contributed by atoms with E-state index in [-0.39, 0.29) is 36.2 Å². The first-order chi connectivity index (χ1) is 9.82. The predicted molar refractivity (Wildman–Crippen MR) is 72.9 cm³/mol. The van der Waals surface area contributed by atoms with Gasteiger partial charge in [0.2, 0.25) is 5.91 Å². The third kappa shape index (κ3) is 2.19. The van der Waals surface area contributed by atoms with Crippen LogP contribution in [0.1, 0.15) is 20.3 Å². The zero-order valence-electron chi connectivity index (χ0n) is 12.0. The van der Waals surface area contributed by atoms with E-state index in [0.29, 0.717) is 6.54 Å². The van der Waals surface area contributed by atoms with Crippen molar-refractivity contribution in [2.45, 2.75) is 38.5 Å². The predicted octanol–water partition coefficient (Wildman–Crippen LogP) is 2.68. The highest BCUT2D eigenvalue weighted by Crippen LogP contribution is 2.49. The number of hydrogen-bond donors (Lipinski definition) is 0. The van der Waals surface area contributed by atoms with Gasteiger partial charge in [-0.25, -0.2) is 0 Å². The number of aliphatic imine (C=N–C) groups is 1. The van der Waals surface area contributed by atoms with Crippen LogP contribution in [0.15, 0.2) is 17.1 Å². The maximum absolute atomic E-state index is 13.3. The minimum absolute atomic E-state index is 0.0931. The Morgan fingerprint density at radius 2 is 2.10 bits per heavy atom. The molecule has 0 aromatic heterocycles. The van der Waals surface area contributed by atoms with Gasteiger partial charge in [0.15, 0.2) is 0 Å². The number of alkyl halides is 3. The molecule has 1 aliphatic carbocycles. The van der Waals surface area contributed by atoms with Crippen molar-refractivity contribution in [1.82, 2.24) is 4.90 Å². The second-order valence-corrected chi connectivity index (χ2v) is 6.46. The van der Waals surface area contributed by atoms with E-state index in [9.17, 15) is 18.0 Å². The van der Waals surface area contributed by atoms with Gasteiger partial charge in [-0.3, -0.25) is 9.79 Å². The maximum Gasteiger partial charge on any atom is 0.392 e. The van der Waals surface area contributed by atoms with Gasteiger partial charge in [0, 0.05) is 12.1 Å². The minimum atomic E-state index is -4.33. The van der Waals surface area contributed by atoms with Gasteiger partial charge in [-0.15, -0.1) is 0 Å². The lowest BCUT2D eigenvalue weighted by molar-refractivity contribution is -0.193. The molecule has 0 bridgehead atoms. The lowest BCUT2D eigenvalue weighted by Gasteiger charge is -2.37. The molecular formula is C15H19F3N2O. The van der Waals surface area contributed by atoms with E-state index in [4.69, 9.17) is 0 Å². The van der Waals surface area contributed by atoms with Crippen LogP contribution in [0.25, 0.3) is 0 Å². The number of rotatable bonds is 1. The number of hydrogen-bond acceptors (Lipinski definition) is 2. The van der Waals surface area contributed by atoms with E-state index in [2.05, 4.69) is 4.99 Å². The molecule has 0 spiro atoms. The third-order valence-electron chi connectivity index (χ3n) is 4.93. The molecule has 21 heavy (non-hydrogen) atoms. The van der Waals surface area contributed by atoms with Crippen molar-refractivity contribution >= 4 is 12.1 Å². The van der Waals surface area contributed by atoms with Crippen LogP contribution in [0.3, 0.4) is 0 Å². The first-order valence-electron chi connectivity index (χ1n) is 7.38. The lowest BCUT2D eigenvalue weighted by Crippen LogP contribution is -2.48. The van der Waals surface area contributed by atoms with Gasteiger partial charge in [0.05, 0.1) is 30.5 Å². The van der Waals surface area contributed by atoms with E-state index in [1.54, 1.807) is 17.2 Å². The maximum atomic E-state index is 13.3. The fourth-order valence-electron chi connectivity index (χ4n) is 4.00. The largest absolute Gasteiger partial charge is 0.392 e. The van der Waals surface area contributed by atoms with Gasteiger partial charge in [-0.1, -0.05) is 26.0 Å². The van der Waals surface area contributed by atoms with Crippen LogP contribution in [0.5, 0.6) is 0 Å². The Morgan fingerprint density at radius 1 is 1.38 bits per heavy atom. The van der Waals surface area contributed by atoms with E-state index in [1.165, 1.54) is 0 Å². The zero-order chi connectivity index (χ0) is 15.4. The fourth-order valence-corrected chi connectivity index (χ4v) is 4.00. The van der Waals surface area contributed by atoms with Gasteiger partial charge in [0.25, 0.3) is 0 Å². The van der Waals surface area contributed by atoms with Crippen LogP contribution in [-0.2, 0) is 4.79 Å². The number of nitrogens with zero attached hydrogens (tertiary/aromatic N) is 2. The quantitative estimate of drug-likeness (QED) is 0.685. The van der Waals surface area contributed by atoms with Gasteiger partial charge in [0.1, 0.15) is 0 Å². The number of amides is 1. The Bertz CT molecular complexity index is 498. The number of carbonyl (C=O) groups excluding carboxylic acids is 1. The highest BCUT2D eigenvalue weighted by atomic mass is 19.4. The van der Waals surface area contributed by atoms with E-state index in [1.807, 2.05) is 19.9 Å². The molecule has 0 N–H and O–H groups in total. The second-order valence-electron chi connectivity index (χ2n) is 6.46. The molecule has 5 unspecified atom stereocenters. The molecule has 0 saturated carbocycles. The average Bonchev–Trinajstić information content (AvgIpc) is 2.71. The van der Waals surface area contributed by atoms with Crippen molar-refractivity contribution in [2.24, 2.45) is 28.7 Å². The molecule has 0 radical (unpaired) electrons. The Balaban J connectivity index is 1.99. The van der Waals surface area contributed by atoms with Crippen molar-refractivity contribution in [3.8, 4) is 0 Å². The summed E-state index contributed by atoms with van der Waals surface area (Å²) >= 11 is 0. The van der Waals surface area contributed by atoms with Gasteiger partial charge in [-0.05, 0) is 12.3 Å². The Morgan fingerprint density at radius 3 is 2.71 bits per heavy atom. The Labute approximate surface area is 121 Å². The first-order valence-corrected chi connectivity index (χ1v) is 7.38. The summed E-state index contributed by atoms with van der Waals surface area (Å²) in [6, 6.07) is -0.344. The zero-order valence-corrected chi connectivity index (χ0v) is 12.0. The fraction of sp³-hybridized carbons (Fsp3) is 0.733. The van der Waals surface area contributed by atoms with Crippen molar-refractivity contribution in [1.29, 1.82) is 0 Å². The number of halogens is 3. The molecule has 1 saturated heterocycles. The van der Waals surface area contributed by atoms with Crippen molar-refractivity contribution in [3.05, 3.63) is 12.2 Å². The van der Waals surface area contributed by atoms with Crippen LogP contribution < -0.4 is 0 Å². The van der Waals surface area contributed by atoms with Crippen LogP contribution in [0.2, 0.25) is 0 Å². The second kappa shape index (κ2) is 4.85. The molecular weight excluding hydrogens is 281 g/mol. The van der Waals surface area contributed by atoms with Crippen molar-refractivity contribution < 1.29 is 18.0 Å². The SMILES string of the molecule is CC(C)C1N=CCN2C(=O)C3C(C=CCC3C(F)(F)F)C12. The molecule has 0 aromatic rings. The Kier molecular flexibility index (Phi) is 3.37. The normalized spacial score (nSPS) is 38.9. The number of fused-ring (bicyclic) bond motifs is 3. The molecule has 2 heterocycles. The molecule has 3 aliphatic rings. The molecule has 1 fully saturated rings. The summed E-state index contributed by atoms with van der Waals surface area (Å²) in [7, 11) is 0. The monoisotopic (exact) mass is 300 g/mol. The summed E-state index contributed by atoms with van der Waals surface area (Å²) in [4.78, 5) is 18.6. The summed E-state index contributed by atoms with van der Waals surface area (Å²) < 4.78 is 39.8. The van der Waals surface area contributed by atoms with Gasteiger partial charge >= 0.3 is 6.18 Å². The third-order valence-corrected chi connectivity index (χ3v) is 4.93. The molecule has 2 aliphatic heterocycles. The lowest BCUT2D eigenvalue weighted by atomic mass is 9.72. The molecule has 116 valence electrons. The minimum Gasteiger partial charge on any atom is -0.331 e. The molecule has 0 aromatic carbocycles. The molecule has 3 nitrogen and oxygen atoms in total. The van der Waals surface area contributed by atoms with Crippen LogP contribution >= 0.6 is 0 Å². The van der Waals surface area contributed by atoms with Crippen LogP contribution in [-0.4, -0.2) is 41.8 Å². The molecule has 3 rings (SSSR count). The van der Waals surface area contributed by atoms with Gasteiger partial charge in [-0.2, -0.15) is 13.2 Å². The number of allylic oxidation sites excluding steroid dienone is 1. The smallest absolute Gasteiger partial charge is 0.331 e. The molecule has 5 atom stereocenters. The summed E-state index contributed by atoms with van der Waals surface area (Å²) in [6.07, 6.45) is 0.649.